The van der Waals surface area contributed by atoms with E-state index >= 15 is 0 Å². The number of methoxy groups -OCH3 is 1. The van der Waals surface area contributed by atoms with Crippen LogP contribution in [0.5, 0.6) is 11.5 Å². The molecule has 0 aliphatic carbocycles. The predicted molar refractivity (Wildman–Crippen MR) is 129 cm³/mol. The van der Waals surface area contributed by atoms with Crippen LogP contribution in [0.25, 0.3) is 6.08 Å². The number of rotatable bonds is 9. The van der Waals surface area contributed by atoms with Crippen LogP contribution in [0, 0.1) is 0 Å². The summed E-state index contributed by atoms with van der Waals surface area (Å²) in [7, 11) is 1.44. The van der Waals surface area contributed by atoms with Crippen LogP contribution in [0.15, 0.2) is 53.4 Å². The van der Waals surface area contributed by atoms with Gasteiger partial charge in [-0.25, -0.2) is 4.79 Å². The van der Waals surface area contributed by atoms with Gasteiger partial charge in [0.1, 0.15) is 0 Å². The maximum atomic E-state index is 12.8. The first-order chi connectivity index (χ1) is 15.8. The molecule has 0 aromatic heterocycles. The number of aliphatic carboxylic acids is 1. The van der Waals surface area contributed by atoms with E-state index in [4.69, 9.17) is 21.7 Å². The lowest BCUT2D eigenvalue weighted by Crippen LogP contribution is -2.45. The zero-order chi connectivity index (χ0) is 24.0. The third-order valence-corrected chi connectivity index (χ3v) is 5.94. The van der Waals surface area contributed by atoms with Gasteiger partial charge in [-0.05, 0) is 48.0 Å². The molecule has 1 fully saturated rings. The van der Waals surface area contributed by atoms with E-state index in [9.17, 15) is 19.5 Å². The molecule has 0 bridgehead atoms. The average molecular weight is 487 g/mol. The van der Waals surface area contributed by atoms with E-state index in [0.29, 0.717) is 22.6 Å². The van der Waals surface area contributed by atoms with E-state index in [-0.39, 0.29) is 22.4 Å². The predicted octanol–water partition coefficient (Wildman–Crippen LogP) is 3.41. The van der Waals surface area contributed by atoms with Gasteiger partial charge in [-0.1, -0.05) is 55.1 Å². The molecule has 1 saturated heterocycles. The Bertz CT molecular complexity index is 1100. The minimum Gasteiger partial charge on any atom is -0.493 e. The molecule has 1 heterocycles. The number of ether oxygens (including phenoxy) is 2. The molecule has 1 atom stereocenters. The normalized spacial score (nSPS) is 15.5. The third kappa shape index (κ3) is 6.11. The summed E-state index contributed by atoms with van der Waals surface area (Å²) in [5.41, 5.74) is 4.00. The zero-order valence-corrected chi connectivity index (χ0v) is 19.6. The number of carbonyl (C=O) groups is 3. The molecular weight excluding hydrogens is 464 g/mol. The third-order valence-electron chi connectivity index (χ3n) is 4.64. The summed E-state index contributed by atoms with van der Waals surface area (Å²) in [5.74, 6) is -1.25. The van der Waals surface area contributed by atoms with Crippen molar-refractivity contribution in [3.05, 3.63) is 64.6 Å². The van der Waals surface area contributed by atoms with Gasteiger partial charge in [0.2, 0.25) is 5.91 Å². The molecule has 0 radical (unpaired) electrons. The van der Waals surface area contributed by atoms with E-state index in [1.807, 2.05) is 30.3 Å². The fraction of sp³-hybridized carbons (Fsp3) is 0.217. The number of thiocarbonyl (C=S) groups is 1. The van der Waals surface area contributed by atoms with Crippen molar-refractivity contribution in [3.63, 3.8) is 0 Å². The molecule has 33 heavy (non-hydrogen) atoms. The fourth-order valence-corrected chi connectivity index (χ4v) is 4.17. The smallest absolute Gasteiger partial charge is 0.344 e. The molecule has 10 heteroatoms. The molecule has 3 rings (SSSR count). The Hall–Kier alpha value is -3.37. The van der Waals surface area contributed by atoms with E-state index < -0.39 is 18.0 Å². The van der Waals surface area contributed by atoms with Gasteiger partial charge in [0.25, 0.3) is 5.91 Å². The molecule has 0 spiro atoms. The molecule has 2 aromatic rings. The van der Waals surface area contributed by atoms with Crippen LogP contribution < -0.4 is 14.9 Å². The van der Waals surface area contributed by atoms with E-state index in [1.54, 1.807) is 31.2 Å². The number of carbonyl (C=O) groups excluding carboxylic acids is 2. The van der Waals surface area contributed by atoms with Gasteiger partial charge in [-0.15, -0.1) is 0 Å². The average Bonchev–Trinajstić information content (AvgIpc) is 3.05. The van der Waals surface area contributed by atoms with Crippen molar-refractivity contribution in [1.29, 1.82) is 0 Å². The summed E-state index contributed by atoms with van der Waals surface area (Å²) in [6.45, 7) is 1.71. The van der Waals surface area contributed by atoms with Crippen LogP contribution in [-0.2, 0) is 20.8 Å². The Morgan fingerprint density at radius 2 is 1.94 bits per heavy atom. The van der Waals surface area contributed by atoms with Crippen molar-refractivity contribution in [3.8, 4) is 11.5 Å². The van der Waals surface area contributed by atoms with Gasteiger partial charge in [0.15, 0.2) is 21.9 Å². The quantitative estimate of drug-likeness (QED) is 0.410. The molecule has 1 aliphatic heterocycles. The molecule has 0 saturated carbocycles. The number of carboxylic acids is 1. The number of nitrogens with zero attached hydrogens (tertiary/aromatic N) is 1. The minimum absolute atomic E-state index is 0.116. The van der Waals surface area contributed by atoms with Crippen molar-refractivity contribution in [2.75, 3.05) is 7.11 Å². The van der Waals surface area contributed by atoms with Crippen LogP contribution in [0.4, 0.5) is 0 Å². The molecule has 1 unspecified atom stereocenters. The monoisotopic (exact) mass is 486 g/mol. The highest BCUT2D eigenvalue weighted by Crippen LogP contribution is 2.34. The largest absolute Gasteiger partial charge is 0.493 e. The second-order valence-electron chi connectivity index (χ2n) is 6.98. The summed E-state index contributed by atoms with van der Waals surface area (Å²) in [6, 6.07) is 14.1. The lowest BCUT2D eigenvalue weighted by Gasteiger charge is -2.16. The Kier molecular flexibility index (Phi) is 8.07. The fourth-order valence-electron chi connectivity index (χ4n) is 2.99. The molecule has 2 N–H and O–H groups in total. The highest BCUT2D eigenvalue weighted by molar-refractivity contribution is 8.26. The summed E-state index contributed by atoms with van der Waals surface area (Å²) in [6.07, 6.45) is 1.02. The van der Waals surface area contributed by atoms with Crippen molar-refractivity contribution in [2.45, 2.75) is 25.9 Å². The van der Waals surface area contributed by atoms with Gasteiger partial charge in [0.05, 0.1) is 18.4 Å². The molecule has 172 valence electrons. The number of benzene rings is 2. The molecule has 1 aliphatic rings. The first kappa shape index (κ1) is 24.3. The van der Waals surface area contributed by atoms with Crippen LogP contribution in [0.3, 0.4) is 0 Å². The number of thioether (sulfide) groups is 1. The van der Waals surface area contributed by atoms with Crippen LogP contribution in [0.1, 0.15) is 24.5 Å². The molecule has 2 amide bonds. The summed E-state index contributed by atoms with van der Waals surface area (Å²) in [5, 5.41) is 10.3. The number of hydrazine groups is 1. The van der Waals surface area contributed by atoms with E-state index in [2.05, 4.69) is 5.43 Å². The Labute approximate surface area is 200 Å². The number of amides is 2. The summed E-state index contributed by atoms with van der Waals surface area (Å²) >= 11 is 6.33. The molecule has 8 nitrogen and oxygen atoms in total. The van der Waals surface area contributed by atoms with Crippen LogP contribution in [-0.4, -0.2) is 45.4 Å². The topological polar surface area (TPSA) is 105 Å². The zero-order valence-electron chi connectivity index (χ0n) is 17.9. The lowest BCUT2D eigenvalue weighted by atomic mass is 10.1. The Balaban J connectivity index is 1.72. The van der Waals surface area contributed by atoms with Gasteiger partial charge in [-0.3, -0.25) is 15.0 Å². The number of hydrogen-bond acceptors (Lipinski definition) is 7. The summed E-state index contributed by atoms with van der Waals surface area (Å²) < 4.78 is 11.1. The lowest BCUT2D eigenvalue weighted by molar-refractivity contribution is -0.145. The second kappa shape index (κ2) is 11.0. The highest BCUT2D eigenvalue weighted by atomic mass is 32.2. The summed E-state index contributed by atoms with van der Waals surface area (Å²) in [4.78, 5) is 36.7. The standard InChI is InChI=1S/C23H22N2O6S2/c1-3-16(22(28)29)31-17-10-9-15(11-18(17)30-2)12-19-21(27)25(23(32)33-19)24-20(26)13-14-7-5-4-6-8-14/h4-12,16H,3,13H2,1-2H3,(H,24,26)(H,28,29)/b19-12+. The maximum absolute atomic E-state index is 12.8. The maximum Gasteiger partial charge on any atom is 0.344 e. The van der Waals surface area contributed by atoms with Gasteiger partial charge in [0, 0.05) is 0 Å². The number of hydrogen-bond donors (Lipinski definition) is 2. The highest BCUT2D eigenvalue weighted by Gasteiger charge is 2.33. The van der Waals surface area contributed by atoms with Crippen molar-refractivity contribution in [2.24, 2.45) is 0 Å². The number of carboxylic acid groups (broad SMARTS) is 1. The Morgan fingerprint density at radius 1 is 1.21 bits per heavy atom. The van der Waals surface area contributed by atoms with Crippen molar-refractivity contribution < 1.29 is 29.0 Å². The van der Waals surface area contributed by atoms with E-state index in [1.165, 1.54) is 7.11 Å². The minimum atomic E-state index is -1.07. The number of nitrogens with one attached hydrogen (secondary N) is 1. The molecule has 2 aromatic carbocycles. The van der Waals surface area contributed by atoms with Gasteiger partial charge < -0.3 is 14.6 Å². The molecular formula is C23H22N2O6S2. The second-order valence-corrected chi connectivity index (χ2v) is 8.65. The SMILES string of the molecule is CCC(Oc1ccc(/C=C2/SC(=S)N(NC(=O)Cc3ccccc3)C2=O)cc1OC)C(=O)O. The van der Waals surface area contributed by atoms with Crippen molar-refractivity contribution in [1.82, 2.24) is 10.4 Å². The van der Waals surface area contributed by atoms with Crippen LogP contribution in [0.2, 0.25) is 0 Å². The first-order valence-corrected chi connectivity index (χ1v) is 11.2. The Morgan fingerprint density at radius 3 is 2.58 bits per heavy atom. The van der Waals surface area contributed by atoms with E-state index in [0.717, 1.165) is 22.3 Å². The van der Waals surface area contributed by atoms with Crippen LogP contribution >= 0.6 is 24.0 Å². The van der Waals surface area contributed by atoms with Crippen molar-refractivity contribution >= 4 is 52.2 Å². The van der Waals surface area contributed by atoms with Gasteiger partial charge in [-0.2, -0.15) is 5.01 Å². The van der Waals surface area contributed by atoms with Gasteiger partial charge >= 0.3 is 5.97 Å². The first-order valence-electron chi connectivity index (χ1n) is 10.0.